The standard InChI is InChI=1S/C30H19N3O2S/c1-19(14-15-20(2)36(34,35)22-9-7-8-21(16-22)18-31)33-28-13-6-4-11-24(28)26-17-25-23-10-3-5-12-27(23)32-29(25)30(26)33/h3-17H,1-2H2/b15-14-. The first-order valence-corrected chi connectivity index (χ1v) is 12.7. The van der Waals surface area contributed by atoms with E-state index in [4.69, 9.17) is 10.3 Å². The fourth-order valence-corrected chi connectivity index (χ4v) is 5.85. The van der Waals surface area contributed by atoms with Gasteiger partial charge in [-0.2, -0.15) is 5.26 Å². The third-order valence-corrected chi connectivity index (χ3v) is 8.18. The molecule has 6 heteroatoms. The minimum absolute atomic E-state index is 0.0287. The van der Waals surface area contributed by atoms with E-state index in [0.717, 1.165) is 43.3 Å². The molecule has 0 unspecified atom stereocenters. The van der Waals surface area contributed by atoms with Gasteiger partial charge in [0.15, 0.2) is 0 Å². The highest BCUT2D eigenvalue weighted by Gasteiger charge is 2.23. The predicted molar refractivity (Wildman–Crippen MR) is 142 cm³/mol. The molecule has 172 valence electrons. The van der Waals surface area contributed by atoms with Crippen molar-refractivity contribution in [3.63, 3.8) is 0 Å². The third-order valence-electron chi connectivity index (χ3n) is 6.48. The fraction of sp³-hybridized carbons (Fsp3) is 0. The lowest BCUT2D eigenvalue weighted by molar-refractivity contribution is 0.603. The summed E-state index contributed by atoms with van der Waals surface area (Å²) in [6.45, 7) is 8.05. The highest BCUT2D eigenvalue weighted by Crippen LogP contribution is 2.24. The van der Waals surface area contributed by atoms with Crippen molar-refractivity contribution < 1.29 is 8.42 Å². The molecule has 0 bridgehead atoms. The van der Waals surface area contributed by atoms with Gasteiger partial charge in [0.25, 0.3) is 0 Å². The molecule has 0 N–H and O–H groups in total. The molecule has 2 aliphatic rings. The van der Waals surface area contributed by atoms with Crippen LogP contribution in [0.5, 0.6) is 0 Å². The Kier molecular flexibility index (Phi) is 4.78. The summed E-state index contributed by atoms with van der Waals surface area (Å²) in [6, 6.07) is 24.0. The van der Waals surface area contributed by atoms with Crippen LogP contribution in [0.4, 0.5) is 0 Å². The van der Waals surface area contributed by atoms with E-state index < -0.39 is 9.84 Å². The maximum absolute atomic E-state index is 13.1. The van der Waals surface area contributed by atoms with E-state index in [2.05, 4.69) is 31.4 Å². The van der Waals surface area contributed by atoms with Gasteiger partial charge < -0.3 is 4.57 Å². The number of rotatable bonds is 5. The minimum atomic E-state index is -3.86. The fourth-order valence-electron chi connectivity index (χ4n) is 4.76. The zero-order chi connectivity index (χ0) is 25.0. The molecule has 6 rings (SSSR count). The first-order valence-electron chi connectivity index (χ1n) is 11.3. The van der Waals surface area contributed by atoms with Gasteiger partial charge in [0.1, 0.15) is 0 Å². The Labute approximate surface area is 207 Å². The van der Waals surface area contributed by atoms with Gasteiger partial charge in [-0.3, -0.25) is 0 Å². The molecular formula is C30H19N3O2S. The summed E-state index contributed by atoms with van der Waals surface area (Å²) in [5, 5.41) is 14.2. The Hall–Kier alpha value is -4.73. The summed E-state index contributed by atoms with van der Waals surface area (Å²) in [5.41, 5.74) is 3.78. The van der Waals surface area contributed by atoms with E-state index in [0.29, 0.717) is 5.70 Å². The van der Waals surface area contributed by atoms with Gasteiger partial charge in [0.05, 0.1) is 43.4 Å². The second-order valence-corrected chi connectivity index (χ2v) is 10.6. The lowest BCUT2D eigenvalue weighted by atomic mass is 10.1. The highest BCUT2D eigenvalue weighted by molar-refractivity contribution is 7.95. The van der Waals surface area contributed by atoms with Crippen LogP contribution in [0, 0.1) is 11.3 Å². The van der Waals surface area contributed by atoms with Crippen LogP contribution in [0.1, 0.15) is 5.56 Å². The molecule has 0 atom stereocenters. The van der Waals surface area contributed by atoms with Crippen molar-refractivity contribution in [2.75, 3.05) is 0 Å². The number of para-hydroxylation sites is 2. The smallest absolute Gasteiger partial charge is 0.206 e. The van der Waals surface area contributed by atoms with E-state index in [1.165, 1.54) is 18.2 Å². The lowest BCUT2D eigenvalue weighted by Gasteiger charge is -2.08. The van der Waals surface area contributed by atoms with Crippen molar-refractivity contribution in [1.29, 1.82) is 5.26 Å². The molecule has 2 heterocycles. The topological polar surface area (TPSA) is 75.2 Å². The van der Waals surface area contributed by atoms with Crippen molar-refractivity contribution in [2.45, 2.75) is 4.90 Å². The largest absolute Gasteiger partial charge is 0.308 e. The molecule has 1 aliphatic heterocycles. The molecule has 36 heavy (non-hydrogen) atoms. The second kappa shape index (κ2) is 7.91. The number of benzene rings is 3. The van der Waals surface area contributed by atoms with Gasteiger partial charge in [-0.05, 0) is 48.6 Å². The Balaban J connectivity index is 1.47. The van der Waals surface area contributed by atoms with Crippen molar-refractivity contribution in [1.82, 2.24) is 4.57 Å². The Morgan fingerprint density at radius 2 is 1.75 bits per heavy atom. The molecule has 0 saturated carbocycles. The summed E-state index contributed by atoms with van der Waals surface area (Å²) < 4.78 is 28.1. The minimum Gasteiger partial charge on any atom is -0.308 e. The number of aromatic nitrogens is 1. The number of nitrogens with zero attached hydrogens (tertiary/aromatic N) is 3. The summed E-state index contributed by atoms with van der Waals surface area (Å²) in [7, 11) is -3.86. The number of allylic oxidation sites excluding steroid dienone is 3. The summed E-state index contributed by atoms with van der Waals surface area (Å²) in [4.78, 5) is 4.85. The van der Waals surface area contributed by atoms with Crippen LogP contribution in [0.25, 0.3) is 33.9 Å². The normalized spacial score (nSPS) is 13.6. The summed E-state index contributed by atoms with van der Waals surface area (Å²) in [6.07, 6.45) is 5.27. The zero-order valence-electron chi connectivity index (χ0n) is 19.1. The van der Waals surface area contributed by atoms with Gasteiger partial charge in [-0.1, -0.05) is 55.6 Å². The summed E-state index contributed by atoms with van der Waals surface area (Å²) >= 11 is 0. The highest BCUT2D eigenvalue weighted by atomic mass is 32.2. The van der Waals surface area contributed by atoms with Crippen molar-refractivity contribution in [3.8, 4) is 6.07 Å². The molecule has 1 aliphatic carbocycles. The SMILES string of the molecule is C=C(/C=C\C(=C)S(=O)(=O)c1cccc(C#N)c1)n1c2c(c3ccccc31)=CC1=c3ccccc3=NC=21. The average molecular weight is 486 g/mol. The molecule has 1 aromatic heterocycles. The van der Waals surface area contributed by atoms with Crippen LogP contribution < -0.4 is 21.1 Å². The van der Waals surface area contributed by atoms with Gasteiger partial charge in [-0.25, -0.2) is 13.4 Å². The summed E-state index contributed by atoms with van der Waals surface area (Å²) in [5.74, 6) is 0. The Morgan fingerprint density at radius 3 is 2.58 bits per heavy atom. The molecular weight excluding hydrogens is 466 g/mol. The molecule has 0 saturated heterocycles. The van der Waals surface area contributed by atoms with E-state index in [9.17, 15) is 8.42 Å². The van der Waals surface area contributed by atoms with Crippen molar-refractivity contribution in [2.24, 2.45) is 4.99 Å². The van der Waals surface area contributed by atoms with Gasteiger partial charge in [-0.15, -0.1) is 0 Å². The van der Waals surface area contributed by atoms with Gasteiger partial charge in [0, 0.05) is 27.1 Å². The number of hydrogen-bond acceptors (Lipinski definition) is 4. The van der Waals surface area contributed by atoms with E-state index in [1.54, 1.807) is 18.2 Å². The average Bonchev–Trinajstić information content (AvgIpc) is 3.54. The second-order valence-electron chi connectivity index (χ2n) is 8.58. The number of fused-ring (bicyclic) bond motifs is 5. The van der Waals surface area contributed by atoms with Crippen LogP contribution in [-0.4, -0.2) is 13.0 Å². The third kappa shape index (κ3) is 3.14. The molecule has 0 amide bonds. The molecule has 0 spiro atoms. The number of nitriles is 1. The quantitative estimate of drug-likeness (QED) is 0.408. The van der Waals surface area contributed by atoms with Gasteiger partial charge in [0.2, 0.25) is 9.84 Å². The number of sulfone groups is 1. The zero-order valence-corrected chi connectivity index (χ0v) is 20.0. The van der Waals surface area contributed by atoms with Gasteiger partial charge >= 0.3 is 0 Å². The van der Waals surface area contributed by atoms with Crippen LogP contribution in [0.15, 0.2) is 113 Å². The first-order chi connectivity index (χ1) is 17.4. The van der Waals surface area contributed by atoms with E-state index in [1.807, 2.05) is 47.0 Å². The Morgan fingerprint density at radius 1 is 0.972 bits per heavy atom. The van der Waals surface area contributed by atoms with E-state index in [-0.39, 0.29) is 15.4 Å². The lowest BCUT2D eigenvalue weighted by Crippen LogP contribution is -2.28. The molecule has 5 nitrogen and oxygen atoms in total. The molecule has 3 aromatic carbocycles. The maximum atomic E-state index is 13.1. The predicted octanol–water partition coefficient (Wildman–Crippen LogP) is 2.91. The van der Waals surface area contributed by atoms with Crippen LogP contribution in [0.2, 0.25) is 0 Å². The van der Waals surface area contributed by atoms with Crippen LogP contribution in [0.3, 0.4) is 0 Å². The molecule has 0 fully saturated rings. The number of hydrogen-bond donors (Lipinski definition) is 0. The van der Waals surface area contributed by atoms with Crippen LogP contribution >= 0.6 is 0 Å². The van der Waals surface area contributed by atoms with Crippen molar-refractivity contribution >= 4 is 43.8 Å². The Bertz CT molecular complexity index is 2100. The van der Waals surface area contributed by atoms with Crippen molar-refractivity contribution in [3.05, 3.63) is 130 Å². The van der Waals surface area contributed by atoms with Crippen LogP contribution in [-0.2, 0) is 9.84 Å². The molecule has 4 aromatic rings. The molecule has 0 radical (unpaired) electrons. The maximum Gasteiger partial charge on any atom is 0.206 e. The van der Waals surface area contributed by atoms with E-state index >= 15 is 0 Å². The monoisotopic (exact) mass is 485 g/mol. The first kappa shape index (κ1) is 21.8.